The first-order valence-electron chi connectivity index (χ1n) is 5.09. The minimum Gasteiger partial charge on any atom is -0.491 e. The number of hydrogen-bond donors (Lipinski definition) is 0. The molecule has 0 bridgehead atoms. The van der Waals surface area contributed by atoms with Crippen LogP contribution in [0.15, 0.2) is 54.4 Å². The highest BCUT2D eigenvalue weighted by molar-refractivity contribution is 5.16. The molecule has 0 aromatic heterocycles. The largest absolute Gasteiger partial charge is 0.491 e. The number of rotatable bonds is 3. The van der Waals surface area contributed by atoms with E-state index in [1.807, 2.05) is 43.6 Å². The molecule has 1 aliphatic heterocycles. The van der Waals surface area contributed by atoms with Crippen molar-refractivity contribution in [2.45, 2.75) is 6.61 Å². The Morgan fingerprint density at radius 2 is 2.07 bits per heavy atom. The van der Waals surface area contributed by atoms with Crippen LogP contribution in [0.1, 0.15) is 5.56 Å². The smallest absolute Gasteiger partial charge is 0.116 e. The summed E-state index contributed by atoms with van der Waals surface area (Å²) in [6.07, 6.45) is 6.06. The van der Waals surface area contributed by atoms with Gasteiger partial charge in [0.2, 0.25) is 0 Å². The molecule has 1 aromatic rings. The normalized spacial score (nSPS) is 15.0. The van der Waals surface area contributed by atoms with Crippen molar-refractivity contribution in [1.29, 1.82) is 0 Å². The number of hydrogen-bond acceptors (Lipinski definition) is 2. The molecule has 0 fully saturated rings. The Balaban J connectivity index is 1.89. The molecule has 0 amide bonds. The van der Waals surface area contributed by atoms with Crippen LogP contribution in [0.25, 0.3) is 0 Å². The first kappa shape index (κ1) is 9.84. The van der Waals surface area contributed by atoms with E-state index in [4.69, 9.17) is 4.74 Å². The van der Waals surface area contributed by atoms with E-state index in [1.54, 1.807) is 0 Å². The van der Waals surface area contributed by atoms with Crippen LogP contribution in [-0.2, 0) is 11.3 Å². The van der Waals surface area contributed by atoms with Crippen molar-refractivity contribution < 1.29 is 4.74 Å². The van der Waals surface area contributed by atoms with Crippen LogP contribution in [0.2, 0.25) is 0 Å². The highest BCUT2D eigenvalue weighted by atomic mass is 16.5. The van der Waals surface area contributed by atoms with Crippen LogP contribution < -0.4 is 0 Å². The molecule has 15 heavy (non-hydrogen) atoms. The first-order valence-corrected chi connectivity index (χ1v) is 5.09. The highest BCUT2D eigenvalue weighted by Crippen LogP contribution is 2.10. The lowest BCUT2D eigenvalue weighted by Gasteiger charge is -2.20. The Morgan fingerprint density at radius 3 is 2.80 bits per heavy atom. The van der Waals surface area contributed by atoms with E-state index in [0.29, 0.717) is 6.61 Å². The second-order valence-electron chi connectivity index (χ2n) is 3.66. The lowest BCUT2D eigenvalue weighted by molar-refractivity contribution is 0.177. The average Bonchev–Trinajstić information content (AvgIpc) is 2.28. The number of allylic oxidation sites excluding steroid dienone is 2. The molecule has 2 rings (SSSR count). The maximum Gasteiger partial charge on any atom is 0.116 e. The van der Waals surface area contributed by atoms with Gasteiger partial charge in [0.15, 0.2) is 0 Å². The fourth-order valence-electron chi connectivity index (χ4n) is 1.49. The molecule has 1 aliphatic rings. The Bertz CT molecular complexity index is 367. The van der Waals surface area contributed by atoms with E-state index in [-0.39, 0.29) is 0 Å². The fourth-order valence-corrected chi connectivity index (χ4v) is 1.49. The number of likely N-dealkylation sites (N-methyl/N-ethyl adjacent to an activating group) is 1. The van der Waals surface area contributed by atoms with Crippen LogP contribution >= 0.6 is 0 Å². The summed E-state index contributed by atoms with van der Waals surface area (Å²) in [5.41, 5.74) is 1.20. The van der Waals surface area contributed by atoms with E-state index >= 15 is 0 Å². The Hall–Kier alpha value is -1.70. The van der Waals surface area contributed by atoms with Gasteiger partial charge >= 0.3 is 0 Å². The fraction of sp³-hybridized carbons (Fsp3) is 0.231. The predicted octanol–water partition coefficient (Wildman–Crippen LogP) is 2.55. The topological polar surface area (TPSA) is 12.5 Å². The van der Waals surface area contributed by atoms with Crippen molar-refractivity contribution in [2.24, 2.45) is 0 Å². The molecule has 1 aromatic carbocycles. The number of benzene rings is 1. The second kappa shape index (κ2) is 4.69. The lowest BCUT2D eigenvalue weighted by atomic mass is 10.2. The van der Waals surface area contributed by atoms with Gasteiger partial charge in [-0.25, -0.2) is 0 Å². The number of ether oxygens (including phenoxy) is 1. The van der Waals surface area contributed by atoms with Gasteiger partial charge in [-0.05, 0) is 23.9 Å². The second-order valence-corrected chi connectivity index (χ2v) is 3.66. The van der Waals surface area contributed by atoms with Gasteiger partial charge in [0, 0.05) is 7.05 Å². The minimum absolute atomic E-state index is 0.647. The monoisotopic (exact) mass is 201 g/mol. The van der Waals surface area contributed by atoms with Crippen LogP contribution in [0, 0.1) is 0 Å². The zero-order valence-corrected chi connectivity index (χ0v) is 8.89. The quantitative estimate of drug-likeness (QED) is 0.745. The summed E-state index contributed by atoms with van der Waals surface area (Å²) >= 11 is 0. The molecule has 0 saturated carbocycles. The van der Waals surface area contributed by atoms with Crippen molar-refractivity contribution in [3.05, 3.63) is 60.0 Å². The molecule has 0 atom stereocenters. The zero-order valence-electron chi connectivity index (χ0n) is 8.89. The molecule has 0 spiro atoms. The molecule has 2 nitrogen and oxygen atoms in total. The molecular weight excluding hydrogens is 186 g/mol. The van der Waals surface area contributed by atoms with Gasteiger partial charge in [0.25, 0.3) is 0 Å². The average molecular weight is 201 g/mol. The molecule has 0 N–H and O–H groups in total. The summed E-state index contributed by atoms with van der Waals surface area (Å²) in [4.78, 5) is 2.10. The van der Waals surface area contributed by atoms with Crippen LogP contribution in [0.4, 0.5) is 0 Å². The lowest BCUT2D eigenvalue weighted by Crippen LogP contribution is -2.18. The standard InChI is InChI=1S/C13H15NO/c1-14-9-5-8-13(10-14)15-11-12-6-3-2-4-7-12/h2-9H,10-11H2,1H3. The summed E-state index contributed by atoms with van der Waals surface area (Å²) < 4.78 is 5.71. The molecule has 0 unspecified atom stereocenters. The van der Waals surface area contributed by atoms with Crippen molar-refractivity contribution in [3.8, 4) is 0 Å². The third-order valence-electron chi connectivity index (χ3n) is 2.29. The highest BCUT2D eigenvalue weighted by Gasteiger charge is 2.04. The van der Waals surface area contributed by atoms with Gasteiger partial charge in [-0.15, -0.1) is 0 Å². The third-order valence-corrected chi connectivity index (χ3v) is 2.29. The number of nitrogens with zero attached hydrogens (tertiary/aromatic N) is 1. The van der Waals surface area contributed by atoms with E-state index in [0.717, 1.165) is 12.3 Å². The zero-order chi connectivity index (χ0) is 10.5. The Labute approximate surface area is 90.5 Å². The Morgan fingerprint density at radius 1 is 1.27 bits per heavy atom. The summed E-state index contributed by atoms with van der Waals surface area (Å²) in [6.45, 7) is 1.50. The van der Waals surface area contributed by atoms with Gasteiger partial charge < -0.3 is 9.64 Å². The van der Waals surface area contributed by atoms with Crippen LogP contribution in [0.5, 0.6) is 0 Å². The van der Waals surface area contributed by atoms with Crippen molar-refractivity contribution in [3.63, 3.8) is 0 Å². The maximum absolute atomic E-state index is 5.71. The summed E-state index contributed by atoms with van der Waals surface area (Å²) in [7, 11) is 2.04. The van der Waals surface area contributed by atoms with Crippen molar-refractivity contribution in [2.75, 3.05) is 13.6 Å². The van der Waals surface area contributed by atoms with E-state index in [2.05, 4.69) is 17.0 Å². The third kappa shape index (κ3) is 2.88. The van der Waals surface area contributed by atoms with Gasteiger partial charge in [0.1, 0.15) is 12.4 Å². The summed E-state index contributed by atoms with van der Waals surface area (Å²) in [6, 6.07) is 10.2. The predicted molar refractivity (Wildman–Crippen MR) is 61.1 cm³/mol. The molecule has 0 aliphatic carbocycles. The van der Waals surface area contributed by atoms with Gasteiger partial charge in [-0.1, -0.05) is 30.3 Å². The molecule has 1 heterocycles. The van der Waals surface area contributed by atoms with E-state index in [1.165, 1.54) is 5.56 Å². The molecular formula is C13H15NO. The SMILES string of the molecule is CN1C=CC=C(OCc2ccccc2)C1. The van der Waals surface area contributed by atoms with Crippen LogP contribution in [0.3, 0.4) is 0 Å². The maximum atomic E-state index is 5.71. The summed E-state index contributed by atoms with van der Waals surface area (Å²) in [5.74, 6) is 1.02. The minimum atomic E-state index is 0.647. The van der Waals surface area contributed by atoms with E-state index in [9.17, 15) is 0 Å². The Kier molecular flexibility index (Phi) is 3.08. The van der Waals surface area contributed by atoms with Crippen molar-refractivity contribution in [1.82, 2.24) is 4.90 Å². The van der Waals surface area contributed by atoms with E-state index < -0.39 is 0 Å². The van der Waals surface area contributed by atoms with Gasteiger partial charge in [0.05, 0.1) is 6.54 Å². The molecule has 0 radical (unpaired) electrons. The molecule has 78 valence electrons. The molecule has 2 heteroatoms. The van der Waals surface area contributed by atoms with Crippen molar-refractivity contribution >= 4 is 0 Å². The molecule has 0 saturated heterocycles. The first-order chi connectivity index (χ1) is 7.34. The summed E-state index contributed by atoms with van der Waals surface area (Å²) in [5, 5.41) is 0. The van der Waals surface area contributed by atoms with Gasteiger partial charge in [-0.2, -0.15) is 0 Å². The van der Waals surface area contributed by atoms with Gasteiger partial charge in [-0.3, -0.25) is 0 Å². The van der Waals surface area contributed by atoms with Crippen LogP contribution in [-0.4, -0.2) is 18.5 Å².